The van der Waals surface area contributed by atoms with E-state index in [9.17, 15) is 0 Å². The van der Waals surface area contributed by atoms with Crippen molar-refractivity contribution in [2.24, 2.45) is 5.73 Å². The van der Waals surface area contributed by atoms with E-state index in [0.29, 0.717) is 6.54 Å². The summed E-state index contributed by atoms with van der Waals surface area (Å²) in [5, 5.41) is 9.03. The van der Waals surface area contributed by atoms with Crippen molar-refractivity contribution in [3.8, 4) is 11.8 Å². The second kappa shape index (κ2) is 5.39. The number of nitriles is 1. The molecule has 0 aliphatic rings. The van der Waals surface area contributed by atoms with E-state index in [-0.39, 0.29) is 6.42 Å². The molecule has 3 aromatic rings. The molecule has 4 nitrogen and oxygen atoms in total. The zero-order valence-corrected chi connectivity index (χ0v) is 11.9. The van der Waals surface area contributed by atoms with Crippen LogP contribution < -0.4 is 5.73 Å². The quantitative estimate of drug-likeness (QED) is 0.799. The minimum absolute atomic E-state index is 0.284. The fourth-order valence-electron chi connectivity index (χ4n) is 2.60. The predicted molar refractivity (Wildman–Crippen MR) is 83.0 cm³/mol. The molecule has 2 aromatic carbocycles. The third kappa shape index (κ3) is 2.28. The van der Waals surface area contributed by atoms with Gasteiger partial charge in [-0.05, 0) is 42.3 Å². The molecule has 0 amide bonds. The number of aromatic nitrogens is 2. The van der Waals surface area contributed by atoms with Crippen molar-refractivity contribution in [2.75, 3.05) is 0 Å². The van der Waals surface area contributed by atoms with Gasteiger partial charge in [-0.2, -0.15) is 5.26 Å². The van der Waals surface area contributed by atoms with Gasteiger partial charge in [0.05, 0.1) is 23.5 Å². The van der Waals surface area contributed by atoms with Crippen LogP contribution in [0.3, 0.4) is 0 Å². The standard InChI is InChI=1S/C17H16N4/c1-12-10-14(7-6-13(12)11-19)21-16-5-3-2-4-15(16)20-17(21)8-9-18/h2-7,10H,8,11,19H2,1H3. The van der Waals surface area contributed by atoms with Gasteiger partial charge in [0.1, 0.15) is 5.82 Å². The van der Waals surface area contributed by atoms with Crippen LogP contribution in [0.15, 0.2) is 42.5 Å². The fraction of sp³-hybridized carbons (Fsp3) is 0.176. The summed E-state index contributed by atoms with van der Waals surface area (Å²) in [4.78, 5) is 4.57. The molecule has 21 heavy (non-hydrogen) atoms. The van der Waals surface area contributed by atoms with Crippen LogP contribution in [0.1, 0.15) is 17.0 Å². The first-order valence-electron chi connectivity index (χ1n) is 6.88. The molecule has 0 bridgehead atoms. The minimum Gasteiger partial charge on any atom is -0.326 e. The van der Waals surface area contributed by atoms with E-state index in [1.54, 1.807) is 0 Å². The maximum Gasteiger partial charge on any atom is 0.128 e. The summed E-state index contributed by atoms with van der Waals surface area (Å²) in [7, 11) is 0. The van der Waals surface area contributed by atoms with Gasteiger partial charge in [-0.3, -0.25) is 4.57 Å². The molecule has 0 spiro atoms. The van der Waals surface area contributed by atoms with E-state index >= 15 is 0 Å². The molecule has 0 aliphatic carbocycles. The van der Waals surface area contributed by atoms with Gasteiger partial charge in [-0.15, -0.1) is 0 Å². The highest BCUT2D eigenvalue weighted by atomic mass is 15.1. The monoisotopic (exact) mass is 276 g/mol. The second-order valence-electron chi connectivity index (χ2n) is 5.00. The first-order valence-corrected chi connectivity index (χ1v) is 6.88. The van der Waals surface area contributed by atoms with E-state index in [2.05, 4.69) is 24.0 Å². The highest BCUT2D eigenvalue weighted by Gasteiger charge is 2.12. The lowest BCUT2D eigenvalue weighted by Gasteiger charge is -2.11. The van der Waals surface area contributed by atoms with Gasteiger partial charge in [0.2, 0.25) is 0 Å². The van der Waals surface area contributed by atoms with Gasteiger partial charge in [0.15, 0.2) is 0 Å². The Kier molecular flexibility index (Phi) is 3.43. The average molecular weight is 276 g/mol. The zero-order valence-electron chi connectivity index (χ0n) is 11.9. The first-order chi connectivity index (χ1) is 10.2. The fourth-order valence-corrected chi connectivity index (χ4v) is 2.60. The molecule has 1 heterocycles. The third-order valence-electron chi connectivity index (χ3n) is 3.67. The average Bonchev–Trinajstić information content (AvgIpc) is 2.85. The molecule has 4 heteroatoms. The van der Waals surface area contributed by atoms with Crippen LogP contribution >= 0.6 is 0 Å². The lowest BCUT2D eigenvalue weighted by Crippen LogP contribution is -2.04. The summed E-state index contributed by atoms with van der Waals surface area (Å²) in [6.45, 7) is 2.58. The van der Waals surface area contributed by atoms with Gasteiger partial charge in [0.25, 0.3) is 0 Å². The largest absolute Gasteiger partial charge is 0.326 e. The van der Waals surface area contributed by atoms with Gasteiger partial charge in [-0.25, -0.2) is 4.98 Å². The molecule has 2 N–H and O–H groups in total. The Morgan fingerprint density at radius 2 is 2.05 bits per heavy atom. The summed E-state index contributed by atoms with van der Waals surface area (Å²) in [5.41, 5.74) is 10.9. The summed E-state index contributed by atoms with van der Waals surface area (Å²) < 4.78 is 2.05. The number of para-hydroxylation sites is 2. The normalized spacial score (nSPS) is 10.7. The number of fused-ring (bicyclic) bond motifs is 1. The number of imidazole rings is 1. The predicted octanol–water partition coefficient (Wildman–Crippen LogP) is 2.86. The van der Waals surface area contributed by atoms with Crippen LogP contribution in [-0.4, -0.2) is 9.55 Å². The van der Waals surface area contributed by atoms with Crippen molar-refractivity contribution in [2.45, 2.75) is 19.9 Å². The molecule has 104 valence electrons. The molecule has 0 radical (unpaired) electrons. The summed E-state index contributed by atoms with van der Waals surface area (Å²) in [6.07, 6.45) is 0.284. The van der Waals surface area contributed by atoms with Crippen LogP contribution in [0.25, 0.3) is 16.7 Å². The number of nitrogens with zero attached hydrogens (tertiary/aromatic N) is 3. The molecular formula is C17H16N4. The molecule has 0 aliphatic heterocycles. The molecule has 0 saturated heterocycles. The Bertz CT molecular complexity index is 840. The number of nitrogens with two attached hydrogens (primary N) is 1. The topological polar surface area (TPSA) is 67.6 Å². The van der Waals surface area contributed by atoms with Crippen molar-refractivity contribution in [3.63, 3.8) is 0 Å². The van der Waals surface area contributed by atoms with Gasteiger partial charge < -0.3 is 5.73 Å². The Labute approximate surface area is 123 Å². The van der Waals surface area contributed by atoms with Crippen molar-refractivity contribution >= 4 is 11.0 Å². The van der Waals surface area contributed by atoms with E-state index in [0.717, 1.165) is 33.7 Å². The first kappa shape index (κ1) is 13.3. The maximum atomic E-state index is 9.03. The van der Waals surface area contributed by atoms with Crippen molar-refractivity contribution < 1.29 is 0 Å². The molecule has 0 unspecified atom stereocenters. The molecular weight excluding hydrogens is 260 g/mol. The van der Waals surface area contributed by atoms with Crippen LogP contribution in [-0.2, 0) is 13.0 Å². The van der Waals surface area contributed by atoms with E-state index in [4.69, 9.17) is 11.0 Å². The Morgan fingerprint density at radius 1 is 1.24 bits per heavy atom. The Balaban J connectivity index is 2.25. The van der Waals surface area contributed by atoms with E-state index in [1.807, 2.05) is 41.0 Å². The number of benzene rings is 2. The lowest BCUT2D eigenvalue weighted by atomic mass is 10.1. The molecule has 0 atom stereocenters. The lowest BCUT2D eigenvalue weighted by molar-refractivity contribution is 0.948. The van der Waals surface area contributed by atoms with Gasteiger partial charge >= 0.3 is 0 Å². The zero-order chi connectivity index (χ0) is 14.8. The number of aryl methyl sites for hydroxylation is 1. The number of hydrogen-bond acceptors (Lipinski definition) is 3. The van der Waals surface area contributed by atoms with Crippen LogP contribution in [0, 0.1) is 18.3 Å². The van der Waals surface area contributed by atoms with Crippen LogP contribution in [0.4, 0.5) is 0 Å². The smallest absolute Gasteiger partial charge is 0.128 e. The van der Waals surface area contributed by atoms with Gasteiger partial charge in [0, 0.05) is 12.2 Å². The van der Waals surface area contributed by atoms with Crippen molar-refractivity contribution in [1.29, 1.82) is 5.26 Å². The minimum atomic E-state index is 0.284. The van der Waals surface area contributed by atoms with Crippen molar-refractivity contribution in [3.05, 3.63) is 59.4 Å². The maximum absolute atomic E-state index is 9.03. The summed E-state index contributed by atoms with van der Waals surface area (Å²) in [5.74, 6) is 0.763. The third-order valence-corrected chi connectivity index (χ3v) is 3.67. The summed E-state index contributed by atoms with van der Waals surface area (Å²) >= 11 is 0. The van der Waals surface area contributed by atoms with E-state index in [1.165, 1.54) is 0 Å². The number of hydrogen-bond donors (Lipinski definition) is 1. The van der Waals surface area contributed by atoms with Crippen LogP contribution in [0.2, 0.25) is 0 Å². The highest BCUT2D eigenvalue weighted by Crippen LogP contribution is 2.23. The van der Waals surface area contributed by atoms with Crippen molar-refractivity contribution in [1.82, 2.24) is 9.55 Å². The highest BCUT2D eigenvalue weighted by molar-refractivity contribution is 5.78. The molecule has 0 saturated carbocycles. The van der Waals surface area contributed by atoms with Gasteiger partial charge in [-0.1, -0.05) is 18.2 Å². The Hall–Kier alpha value is -2.64. The molecule has 3 rings (SSSR count). The second-order valence-corrected chi connectivity index (χ2v) is 5.00. The van der Waals surface area contributed by atoms with Crippen LogP contribution in [0.5, 0.6) is 0 Å². The molecule has 0 fully saturated rings. The number of rotatable bonds is 3. The van der Waals surface area contributed by atoms with E-state index < -0.39 is 0 Å². The molecule has 1 aromatic heterocycles. The summed E-state index contributed by atoms with van der Waals surface area (Å²) in [6, 6.07) is 16.3. The Morgan fingerprint density at radius 3 is 2.76 bits per heavy atom. The SMILES string of the molecule is Cc1cc(-n2c(CC#N)nc3ccccc32)ccc1CN.